The normalized spacial score (nSPS) is 30.1. The average molecular weight is 342 g/mol. The summed E-state index contributed by atoms with van der Waals surface area (Å²) in [5, 5.41) is 4.44. The van der Waals surface area contributed by atoms with E-state index in [-0.39, 0.29) is 11.8 Å². The van der Waals surface area contributed by atoms with Gasteiger partial charge >= 0.3 is 5.97 Å². The molecule has 0 bridgehead atoms. The first-order chi connectivity index (χ1) is 10.5. The number of hydrogen-bond acceptors (Lipinski definition) is 4. The highest BCUT2D eigenvalue weighted by molar-refractivity contribution is 6.30. The second kappa shape index (κ2) is 5.97. The lowest BCUT2D eigenvalue weighted by atomic mass is 10.1. The van der Waals surface area contributed by atoms with Gasteiger partial charge in [-0.3, -0.25) is 0 Å². The van der Waals surface area contributed by atoms with Crippen LogP contribution in [0.25, 0.3) is 0 Å². The number of alkyl halides is 1. The highest BCUT2D eigenvalue weighted by atomic mass is 35.5. The van der Waals surface area contributed by atoms with Crippen molar-refractivity contribution < 1.29 is 9.63 Å². The van der Waals surface area contributed by atoms with Gasteiger partial charge in [-0.05, 0) is 37.0 Å². The largest absolute Gasteiger partial charge is 0.384 e. The zero-order chi connectivity index (χ0) is 15.9. The number of fused-ring (bicyclic) bond motifs is 1. The zero-order valence-corrected chi connectivity index (χ0v) is 13.6. The van der Waals surface area contributed by atoms with Gasteiger partial charge in [0.15, 0.2) is 0 Å². The quantitative estimate of drug-likeness (QED) is 0.300. The predicted octanol–water partition coefficient (Wildman–Crippen LogP) is 2.46. The summed E-state index contributed by atoms with van der Waals surface area (Å²) < 4.78 is 0. The fourth-order valence-corrected chi connectivity index (χ4v) is 3.73. The SMILES string of the molecule is C[C@@H]1[C@@H]2[C@H](CN1c1cccc(Cl)c1)[C@H]2/C(N)=N/OC(=O)CCl. The number of rotatable bonds is 4. The summed E-state index contributed by atoms with van der Waals surface area (Å²) in [5.41, 5.74) is 7.05. The number of anilines is 1. The van der Waals surface area contributed by atoms with Gasteiger partial charge in [-0.25, -0.2) is 4.79 Å². The fraction of sp³-hybridized carbons (Fsp3) is 0.467. The molecule has 0 amide bonds. The molecule has 1 saturated heterocycles. The van der Waals surface area contributed by atoms with Gasteiger partial charge in [-0.2, -0.15) is 0 Å². The second-order valence-electron chi connectivity index (χ2n) is 5.75. The molecule has 2 aliphatic rings. The molecule has 5 nitrogen and oxygen atoms in total. The molecule has 0 spiro atoms. The summed E-state index contributed by atoms with van der Waals surface area (Å²) in [4.78, 5) is 18.0. The Kier molecular flexibility index (Phi) is 4.19. The number of halogens is 2. The third kappa shape index (κ3) is 2.75. The van der Waals surface area contributed by atoms with Crippen LogP contribution in [0.3, 0.4) is 0 Å². The molecule has 118 valence electrons. The van der Waals surface area contributed by atoms with E-state index >= 15 is 0 Å². The lowest BCUT2D eigenvalue weighted by Gasteiger charge is -2.28. The van der Waals surface area contributed by atoms with Gasteiger partial charge in [0.05, 0.1) is 0 Å². The van der Waals surface area contributed by atoms with E-state index in [1.54, 1.807) is 0 Å². The molecule has 0 unspecified atom stereocenters. The number of carbonyl (C=O) groups is 1. The number of nitrogens with zero attached hydrogens (tertiary/aromatic N) is 2. The average Bonchev–Trinajstić information content (AvgIpc) is 3.13. The molecule has 1 aliphatic heterocycles. The Balaban J connectivity index is 1.65. The summed E-state index contributed by atoms with van der Waals surface area (Å²) in [5.74, 6) is 0.598. The van der Waals surface area contributed by atoms with Crippen molar-refractivity contribution in [3.8, 4) is 0 Å². The minimum atomic E-state index is -0.593. The lowest BCUT2D eigenvalue weighted by molar-refractivity contribution is -0.140. The van der Waals surface area contributed by atoms with E-state index in [1.807, 2.05) is 18.2 Å². The van der Waals surface area contributed by atoms with Gasteiger partial charge in [0.1, 0.15) is 11.7 Å². The van der Waals surface area contributed by atoms with Gasteiger partial charge in [0.25, 0.3) is 0 Å². The Bertz CT molecular complexity index is 623. The Morgan fingerprint density at radius 1 is 1.55 bits per heavy atom. The van der Waals surface area contributed by atoms with Crippen molar-refractivity contribution in [2.24, 2.45) is 28.6 Å². The van der Waals surface area contributed by atoms with E-state index in [0.29, 0.717) is 23.7 Å². The third-order valence-corrected chi connectivity index (χ3v) is 4.98. The number of piperidine rings is 1. The first-order valence-corrected chi connectivity index (χ1v) is 8.05. The van der Waals surface area contributed by atoms with E-state index in [1.165, 1.54) is 0 Å². The number of amidine groups is 1. The van der Waals surface area contributed by atoms with Crippen LogP contribution in [-0.2, 0) is 9.63 Å². The van der Waals surface area contributed by atoms with Crippen molar-refractivity contribution in [2.45, 2.75) is 13.0 Å². The van der Waals surface area contributed by atoms with Crippen LogP contribution in [0.15, 0.2) is 29.4 Å². The standard InChI is InChI=1S/C15H17Cl2N3O2/c1-8-13-11(14(13)15(18)19-22-12(21)6-16)7-20(8)10-4-2-3-9(17)5-10/h2-5,8,11,13-14H,6-7H2,1H3,(H2,18,19)/t8-,11+,13-,14-/m1/s1. The van der Waals surface area contributed by atoms with Crippen LogP contribution in [-0.4, -0.2) is 30.3 Å². The maximum atomic E-state index is 11.0. The van der Waals surface area contributed by atoms with E-state index in [9.17, 15) is 4.79 Å². The van der Waals surface area contributed by atoms with Crippen molar-refractivity contribution in [3.63, 3.8) is 0 Å². The lowest BCUT2D eigenvalue weighted by Crippen LogP contribution is -2.35. The highest BCUT2D eigenvalue weighted by Crippen LogP contribution is 2.56. The van der Waals surface area contributed by atoms with Crippen LogP contribution in [0, 0.1) is 17.8 Å². The molecule has 0 aromatic heterocycles. The molecule has 1 aromatic carbocycles. The molecule has 1 saturated carbocycles. The predicted molar refractivity (Wildman–Crippen MR) is 87.2 cm³/mol. The monoisotopic (exact) mass is 341 g/mol. The minimum absolute atomic E-state index is 0.175. The minimum Gasteiger partial charge on any atom is -0.384 e. The number of oxime groups is 1. The van der Waals surface area contributed by atoms with Gasteiger partial charge < -0.3 is 15.5 Å². The molecule has 1 aliphatic carbocycles. The molecular weight excluding hydrogens is 325 g/mol. The molecule has 0 radical (unpaired) electrons. The van der Waals surface area contributed by atoms with E-state index in [2.05, 4.69) is 27.9 Å². The molecule has 22 heavy (non-hydrogen) atoms. The molecule has 1 aromatic rings. The topological polar surface area (TPSA) is 67.9 Å². The fourth-order valence-electron chi connectivity index (χ4n) is 3.50. The number of carbonyl (C=O) groups excluding carboxylic acids is 1. The van der Waals surface area contributed by atoms with E-state index < -0.39 is 5.97 Å². The summed E-state index contributed by atoms with van der Waals surface area (Å²) in [6.07, 6.45) is 0. The Labute approximate surface area is 139 Å². The van der Waals surface area contributed by atoms with Crippen molar-refractivity contribution in [2.75, 3.05) is 17.3 Å². The van der Waals surface area contributed by atoms with Crippen LogP contribution >= 0.6 is 23.2 Å². The molecule has 2 fully saturated rings. The molecular formula is C15H17Cl2N3O2. The van der Waals surface area contributed by atoms with Crippen LogP contribution in [0.4, 0.5) is 5.69 Å². The molecule has 7 heteroatoms. The maximum Gasteiger partial charge on any atom is 0.349 e. The summed E-state index contributed by atoms with van der Waals surface area (Å²) in [6.45, 7) is 3.07. The second-order valence-corrected chi connectivity index (χ2v) is 6.46. The maximum absolute atomic E-state index is 11.0. The zero-order valence-electron chi connectivity index (χ0n) is 12.1. The van der Waals surface area contributed by atoms with Crippen molar-refractivity contribution in [3.05, 3.63) is 29.3 Å². The van der Waals surface area contributed by atoms with Crippen LogP contribution < -0.4 is 10.6 Å². The smallest absolute Gasteiger partial charge is 0.349 e. The van der Waals surface area contributed by atoms with E-state index in [4.69, 9.17) is 28.9 Å². The first-order valence-electron chi connectivity index (χ1n) is 7.14. The number of nitrogens with two attached hydrogens (primary N) is 1. The Morgan fingerprint density at radius 2 is 2.32 bits per heavy atom. The molecule has 4 atom stereocenters. The molecule has 2 N–H and O–H groups in total. The molecule has 1 heterocycles. The first kappa shape index (κ1) is 15.4. The number of hydrogen-bond donors (Lipinski definition) is 1. The highest BCUT2D eigenvalue weighted by Gasteiger charge is 2.61. The van der Waals surface area contributed by atoms with Gasteiger partial charge in [0.2, 0.25) is 0 Å². The van der Waals surface area contributed by atoms with Crippen molar-refractivity contribution >= 4 is 40.7 Å². The summed E-state index contributed by atoms with van der Waals surface area (Å²) in [7, 11) is 0. The van der Waals surface area contributed by atoms with Gasteiger partial charge in [-0.15, -0.1) is 11.6 Å². The Morgan fingerprint density at radius 3 is 2.91 bits per heavy atom. The third-order valence-electron chi connectivity index (χ3n) is 4.53. The van der Waals surface area contributed by atoms with Crippen LogP contribution in [0.2, 0.25) is 5.02 Å². The summed E-state index contributed by atoms with van der Waals surface area (Å²) >= 11 is 11.4. The number of benzene rings is 1. The van der Waals surface area contributed by atoms with Crippen molar-refractivity contribution in [1.29, 1.82) is 0 Å². The van der Waals surface area contributed by atoms with E-state index in [0.717, 1.165) is 17.3 Å². The van der Waals surface area contributed by atoms with Crippen LogP contribution in [0.1, 0.15) is 6.92 Å². The van der Waals surface area contributed by atoms with Gasteiger partial charge in [-0.1, -0.05) is 22.8 Å². The van der Waals surface area contributed by atoms with Gasteiger partial charge in [0, 0.05) is 29.2 Å². The molecule has 3 rings (SSSR count). The summed E-state index contributed by atoms with van der Waals surface area (Å²) in [6, 6.07) is 8.18. The Hall–Kier alpha value is -1.46. The van der Waals surface area contributed by atoms with Crippen molar-refractivity contribution in [1.82, 2.24) is 0 Å². The van der Waals surface area contributed by atoms with Crippen LogP contribution in [0.5, 0.6) is 0 Å².